The molecule has 0 amide bonds. The van der Waals surface area contributed by atoms with E-state index in [2.05, 4.69) is 78.9 Å². The molecule has 3 heteroatoms. The van der Waals surface area contributed by atoms with Gasteiger partial charge in [-0.1, -0.05) is 72.8 Å². The molecule has 0 aliphatic heterocycles. The quantitative estimate of drug-likeness (QED) is 0.353. The molecule has 154 valence electrons. The van der Waals surface area contributed by atoms with Crippen molar-refractivity contribution >= 4 is 0 Å². The van der Waals surface area contributed by atoms with E-state index in [9.17, 15) is 0 Å². The van der Waals surface area contributed by atoms with E-state index >= 15 is 0 Å². The van der Waals surface area contributed by atoms with Gasteiger partial charge in [0.2, 0.25) is 0 Å². The third-order valence-electron chi connectivity index (χ3n) is 6.24. The highest BCUT2D eigenvalue weighted by atomic mass is 16.5. The molecule has 5 rings (SSSR count). The van der Waals surface area contributed by atoms with Gasteiger partial charge in [0.15, 0.2) is 0 Å². The van der Waals surface area contributed by atoms with Crippen molar-refractivity contribution < 1.29 is 14.2 Å². The fourth-order valence-corrected chi connectivity index (χ4v) is 5.02. The van der Waals surface area contributed by atoms with Crippen LogP contribution in [0.2, 0.25) is 0 Å². The first-order chi connectivity index (χ1) is 15.2. The smallest absolute Gasteiger partial charge is 0.127 e. The van der Waals surface area contributed by atoms with E-state index in [0.717, 1.165) is 33.9 Å². The van der Waals surface area contributed by atoms with Crippen LogP contribution in [-0.2, 0) is 5.41 Å². The van der Waals surface area contributed by atoms with E-state index in [0.29, 0.717) is 0 Å². The Morgan fingerprint density at radius 3 is 1.74 bits per heavy atom. The summed E-state index contributed by atoms with van der Waals surface area (Å²) >= 11 is 0. The van der Waals surface area contributed by atoms with Gasteiger partial charge in [0.05, 0.1) is 26.7 Å². The number of methoxy groups -OCH3 is 3. The van der Waals surface area contributed by atoms with Gasteiger partial charge in [-0.2, -0.15) is 0 Å². The molecule has 1 aliphatic rings. The molecule has 4 aromatic carbocycles. The van der Waals surface area contributed by atoms with Crippen LogP contribution in [0, 0.1) is 0 Å². The minimum atomic E-state index is -0.542. The fourth-order valence-electron chi connectivity index (χ4n) is 5.02. The lowest BCUT2D eigenvalue weighted by molar-refractivity contribution is 0.389. The van der Waals surface area contributed by atoms with Crippen molar-refractivity contribution in [2.45, 2.75) is 5.41 Å². The summed E-state index contributed by atoms with van der Waals surface area (Å²) in [4.78, 5) is 0. The summed E-state index contributed by atoms with van der Waals surface area (Å²) in [6.07, 6.45) is 0. The van der Waals surface area contributed by atoms with Crippen LogP contribution in [-0.4, -0.2) is 21.3 Å². The largest absolute Gasteiger partial charge is 0.497 e. The molecule has 31 heavy (non-hydrogen) atoms. The second-order valence-corrected chi connectivity index (χ2v) is 7.62. The topological polar surface area (TPSA) is 27.7 Å². The molecule has 0 N–H and O–H groups in total. The molecular weight excluding hydrogens is 384 g/mol. The van der Waals surface area contributed by atoms with E-state index in [-0.39, 0.29) is 0 Å². The Hall–Kier alpha value is -3.72. The average Bonchev–Trinajstić information content (AvgIpc) is 3.16. The zero-order chi connectivity index (χ0) is 21.4. The molecule has 0 saturated carbocycles. The Kier molecular flexibility index (Phi) is 4.67. The standard InChI is InChI=1S/C28H24O3/c1-29-21-17-22-26-23(15-10-16-24(26)30-2)28(19-11-6-4-7-12-19,20-13-8-5-9-14-20)27(22)25(18-21)31-3/h4-18H,1-3H3. The minimum Gasteiger partial charge on any atom is -0.497 e. The molecule has 3 nitrogen and oxygen atoms in total. The highest BCUT2D eigenvalue weighted by molar-refractivity contribution is 5.92. The second kappa shape index (κ2) is 7.51. The number of fused-ring (bicyclic) bond motifs is 3. The van der Waals surface area contributed by atoms with Gasteiger partial charge in [-0.15, -0.1) is 0 Å². The summed E-state index contributed by atoms with van der Waals surface area (Å²) in [7, 11) is 5.12. The van der Waals surface area contributed by atoms with E-state index < -0.39 is 5.41 Å². The molecule has 0 bridgehead atoms. The van der Waals surface area contributed by atoms with Gasteiger partial charge in [-0.25, -0.2) is 0 Å². The minimum absolute atomic E-state index is 0.542. The van der Waals surface area contributed by atoms with Crippen molar-refractivity contribution in [3.8, 4) is 28.4 Å². The van der Waals surface area contributed by atoms with Crippen molar-refractivity contribution in [2.24, 2.45) is 0 Å². The summed E-state index contributed by atoms with van der Waals surface area (Å²) in [5.41, 5.74) is 6.23. The molecule has 0 radical (unpaired) electrons. The second-order valence-electron chi connectivity index (χ2n) is 7.62. The number of hydrogen-bond acceptors (Lipinski definition) is 3. The zero-order valence-electron chi connectivity index (χ0n) is 17.9. The van der Waals surface area contributed by atoms with Crippen molar-refractivity contribution in [1.29, 1.82) is 0 Å². The maximum Gasteiger partial charge on any atom is 0.127 e. The highest BCUT2D eigenvalue weighted by Crippen LogP contribution is 2.61. The van der Waals surface area contributed by atoms with Crippen LogP contribution in [0.3, 0.4) is 0 Å². The number of hydrogen-bond donors (Lipinski definition) is 0. The monoisotopic (exact) mass is 408 g/mol. The molecule has 0 fully saturated rings. The summed E-state index contributed by atoms with van der Waals surface area (Å²) < 4.78 is 17.5. The van der Waals surface area contributed by atoms with Crippen molar-refractivity contribution in [1.82, 2.24) is 0 Å². The Balaban J connectivity index is 2.03. The molecule has 0 spiro atoms. The third kappa shape index (κ3) is 2.66. The maximum absolute atomic E-state index is 5.98. The lowest BCUT2D eigenvalue weighted by atomic mass is 9.67. The highest BCUT2D eigenvalue weighted by Gasteiger charge is 2.49. The molecule has 0 unspecified atom stereocenters. The Morgan fingerprint density at radius 2 is 1.19 bits per heavy atom. The Labute approximate surface area is 182 Å². The van der Waals surface area contributed by atoms with E-state index in [1.54, 1.807) is 21.3 Å². The van der Waals surface area contributed by atoms with Crippen LogP contribution >= 0.6 is 0 Å². The first kappa shape index (κ1) is 19.3. The fraction of sp³-hybridized carbons (Fsp3) is 0.143. The van der Waals surface area contributed by atoms with Gasteiger partial charge >= 0.3 is 0 Å². The number of rotatable bonds is 5. The molecule has 0 heterocycles. The lowest BCUT2D eigenvalue weighted by Gasteiger charge is -2.34. The third-order valence-corrected chi connectivity index (χ3v) is 6.24. The van der Waals surface area contributed by atoms with Gasteiger partial charge in [0, 0.05) is 17.2 Å². The first-order valence-electron chi connectivity index (χ1n) is 10.3. The summed E-state index contributed by atoms with van der Waals surface area (Å²) in [5, 5.41) is 0. The summed E-state index contributed by atoms with van der Waals surface area (Å²) in [6.45, 7) is 0. The molecular formula is C28H24O3. The molecule has 1 aliphatic carbocycles. The van der Waals surface area contributed by atoms with Gasteiger partial charge in [0.25, 0.3) is 0 Å². The van der Waals surface area contributed by atoms with Gasteiger partial charge < -0.3 is 14.2 Å². The van der Waals surface area contributed by atoms with Crippen LogP contribution in [0.15, 0.2) is 91.0 Å². The molecule has 4 aromatic rings. The summed E-state index contributed by atoms with van der Waals surface area (Å²) in [6, 6.07) is 31.6. The van der Waals surface area contributed by atoms with Crippen molar-refractivity contribution in [2.75, 3.05) is 21.3 Å². The Bertz CT molecular complexity index is 1190. The molecule has 0 saturated heterocycles. The van der Waals surface area contributed by atoms with Crippen LogP contribution in [0.5, 0.6) is 17.2 Å². The van der Waals surface area contributed by atoms with E-state index in [4.69, 9.17) is 14.2 Å². The van der Waals surface area contributed by atoms with E-state index in [1.165, 1.54) is 16.7 Å². The van der Waals surface area contributed by atoms with Crippen LogP contribution in [0.1, 0.15) is 22.3 Å². The number of ether oxygens (including phenoxy) is 3. The Morgan fingerprint density at radius 1 is 0.581 bits per heavy atom. The molecule has 0 aromatic heterocycles. The zero-order valence-corrected chi connectivity index (χ0v) is 17.9. The SMILES string of the molecule is COc1cc(OC)c2c(c1)-c1c(OC)cccc1C2(c1ccccc1)c1ccccc1. The normalized spacial score (nSPS) is 13.3. The molecule has 0 atom stereocenters. The predicted octanol–water partition coefficient (Wildman–Crippen LogP) is 6.08. The maximum atomic E-state index is 5.98. The van der Waals surface area contributed by atoms with Crippen LogP contribution in [0.4, 0.5) is 0 Å². The summed E-state index contributed by atoms with van der Waals surface area (Å²) in [5.74, 6) is 2.38. The van der Waals surface area contributed by atoms with Gasteiger partial charge in [-0.3, -0.25) is 0 Å². The first-order valence-corrected chi connectivity index (χ1v) is 10.3. The number of benzene rings is 4. The average molecular weight is 408 g/mol. The van der Waals surface area contributed by atoms with Crippen LogP contribution in [0.25, 0.3) is 11.1 Å². The van der Waals surface area contributed by atoms with Crippen molar-refractivity contribution in [3.05, 3.63) is 113 Å². The van der Waals surface area contributed by atoms with Crippen LogP contribution < -0.4 is 14.2 Å². The van der Waals surface area contributed by atoms with Crippen molar-refractivity contribution in [3.63, 3.8) is 0 Å². The van der Waals surface area contributed by atoms with Gasteiger partial charge in [0.1, 0.15) is 17.2 Å². The lowest BCUT2D eigenvalue weighted by Crippen LogP contribution is -2.29. The van der Waals surface area contributed by atoms with Gasteiger partial charge in [-0.05, 0) is 34.4 Å². The predicted molar refractivity (Wildman–Crippen MR) is 123 cm³/mol. The van der Waals surface area contributed by atoms with E-state index in [1.807, 2.05) is 12.1 Å².